The molecule has 0 bridgehead atoms. The first-order valence-electron chi connectivity index (χ1n) is 5.09. The first-order valence-corrected chi connectivity index (χ1v) is 5.09. The number of carbonyl (C=O) groups is 1. The molecule has 0 heterocycles. The zero-order valence-corrected chi connectivity index (χ0v) is 10.5. The average Bonchev–Trinajstić information content (AvgIpc) is 2.13. The van der Waals surface area contributed by atoms with Gasteiger partial charge in [0, 0.05) is 19.5 Å². The van der Waals surface area contributed by atoms with Crippen LogP contribution in [0.4, 0.5) is 4.79 Å². The molecule has 1 amide bonds. The third-order valence-corrected chi connectivity index (χ3v) is 1.98. The van der Waals surface area contributed by atoms with Crippen molar-refractivity contribution in [3.8, 4) is 0 Å². The normalized spacial score (nSPS) is 14.4. The van der Waals surface area contributed by atoms with Gasteiger partial charge >= 0.3 is 6.09 Å². The molecule has 3 N–H and O–H groups in total. The minimum atomic E-state index is -0.526. The van der Waals surface area contributed by atoms with E-state index < -0.39 is 11.7 Å². The van der Waals surface area contributed by atoms with Crippen LogP contribution in [0.3, 0.4) is 0 Å². The van der Waals surface area contributed by atoms with Crippen LogP contribution < -0.4 is 5.73 Å². The van der Waals surface area contributed by atoms with Crippen molar-refractivity contribution < 1.29 is 14.7 Å². The van der Waals surface area contributed by atoms with E-state index in [1.54, 1.807) is 34.7 Å². The van der Waals surface area contributed by atoms with Gasteiger partial charge in [0.1, 0.15) is 11.4 Å². The maximum atomic E-state index is 11.6. The molecule has 1 atom stereocenters. The summed E-state index contributed by atoms with van der Waals surface area (Å²) in [4.78, 5) is 13.1. The predicted octanol–water partition coefficient (Wildman–Crippen LogP) is 1.38. The fourth-order valence-electron chi connectivity index (χ4n) is 0.994. The van der Waals surface area contributed by atoms with Crippen LogP contribution in [0.25, 0.3) is 0 Å². The van der Waals surface area contributed by atoms with E-state index in [2.05, 4.69) is 5.16 Å². The summed E-state index contributed by atoms with van der Waals surface area (Å²) in [7, 11) is 1.61. The highest BCUT2D eigenvalue weighted by Crippen LogP contribution is 2.11. The van der Waals surface area contributed by atoms with Gasteiger partial charge in [0.15, 0.2) is 0 Å². The summed E-state index contributed by atoms with van der Waals surface area (Å²) in [5.41, 5.74) is 4.83. The second kappa shape index (κ2) is 5.58. The summed E-state index contributed by atoms with van der Waals surface area (Å²) in [5, 5.41) is 11.3. The number of amides is 1. The minimum Gasteiger partial charge on any atom is -0.444 e. The second-order valence-corrected chi connectivity index (χ2v) is 4.74. The molecule has 0 rings (SSSR count). The Balaban J connectivity index is 4.33. The summed E-state index contributed by atoms with van der Waals surface area (Å²) >= 11 is 0. The Morgan fingerprint density at radius 3 is 2.44 bits per heavy atom. The zero-order valence-electron chi connectivity index (χ0n) is 10.5. The third kappa shape index (κ3) is 5.43. The van der Waals surface area contributed by atoms with Crippen molar-refractivity contribution in [3.05, 3.63) is 0 Å². The van der Waals surface area contributed by atoms with E-state index in [1.165, 1.54) is 4.90 Å². The van der Waals surface area contributed by atoms with Gasteiger partial charge in [0.2, 0.25) is 0 Å². The molecule has 0 radical (unpaired) electrons. The van der Waals surface area contributed by atoms with Gasteiger partial charge in [-0.15, -0.1) is 0 Å². The van der Waals surface area contributed by atoms with Crippen molar-refractivity contribution >= 4 is 11.9 Å². The smallest absolute Gasteiger partial charge is 0.410 e. The maximum Gasteiger partial charge on any atom is 0.410 e. The molecule has 0 aromatic heterocycles. The molecule has 1 unspecified atom stereocenters. The molecule has 0 aliphatic carbocycles. The van der Waals surface area contributed by atoms with Crippen LogP contribution in [0.2, 0.25) is 0 Å². The Labute approximate surface area is 96.0 Å². The number of nitrogens with two attached hydrogens (primary N) is 1. The van der Waals surface area contributed by atoms with Gasteiger partial charge in [0.25, 0.3) is 0 Å². The molecular formula is C10H21N3O3. The SMILES string of the molecule is CC(CC(N)=NO)N(C)C(=O)OC(C)(C)C. The van der Waals surface area contributed by atoms with Crippen molar-refractivity contribution in [3.63, 3.8) is 0 Å². The van der Waals surface area contributed by atoms with Crippen molar-refractivity contribution in [1.29, 1.82) is 0 Å². The predicted molar refractivity (Wildman–Crippen MR) is 61.5 cm³/mol. The van der Waals surface area contributed by atoms with Crippen LogP contribution in [0.5, 0.6) is 0 Å². The van der Waals surface area contributed by atoms with Gasteiger partial charge in [-0.1, -0.05) is 5.16 Å². The summed E-state index contributed by atoms with van der Waals surface area (Å²) in [6, 6.07) is -0.189. The lowest BCUT2D eigenvalue weighted by Crippen LogP contribution is -2.41. The standard InChI is InChI=1S/C10H21N3O3/c1-7(6-8(11)12-15)13(5)9(14)16-10(2,3)4/h7,15H,6H2,1-5H3,(H2,11,12). The van der Waals surface area contributed by atoms with E-state index in [9.17, 15) is 4.79 Å². The van der Waals surface area contributed by atoms with Crippen molar-refractivity contribution in [1.82, 2.24) is 4.90 Å². The number of ether oxygens (including phenoxy) is 1. The fourth-order valence-corrected chi connectivity index (χ4v) is 0.994. The quantitative estimate of drug-likeness (QED) is 0.332. The Bertz CT molecular complexity index is 271. The Kier molecular flexibility index (Phi) is 5.07. The van der Waals surface area contributed by atoms with Gasteiger partial charge in [-0.05, 0) is 27.7 Å². The number of amidine groups is 1. The molecular weight excluding hydrogens is 210 g/mol. The summed E-state index contributed by atoms with van der Waals surface area (Å²) < 4.78 is 5.18. The number of hydrogen-bond donors (Lipinski definition) is 2. The monoisotopic (exact) mass is 231 g/mol. The highest BCUT2D eigenvalue weighted by Gasteiger charge is 2.23. The Morgan fingerprint density at radius 1 is 1.56 bits per heavy atom. The van der Waals surface area contributed by atoms with Gasteiger partial charge in [-0.2, -0.15) is 0 Å². The van der Waals surface area contributed by atoms with Gasteiger partial charge in [0.05, 0.1) is 0 Å². The van der Waals surface area contributed by atoms with Gasteiger partial charge in [-0.25, -0.2) is 4.79 Å². The lowest BCUT2D eigenvalue weighted by Gasteiger charge is -2.28. The summed E-state index contributed by atoms with van der Waals surface area (Å²) in [5.74, 6) is 0.0860. The van der Waals surface area contributed by atoms with Gasteiger partial charge < -0.3 is 20.6 Å². The maximum absolute atomic E-state index is 11.6. The largest absolute Gasteiger partial charge is 0.444 e. The second-order valence-electron chi connectivity index (χ2n) is 4.74. The van der Waals surface area contributed by atoms with Crippen LogP contribution in [-0.2, 0) is 4.74 Å². The molecule has 0 saturated carbocycles. The van der Waals surface area contributed by atoms with E-state index in [4.69, 9.17) is 15.7 Å². The van der Waals surface area contributed by atoms with E-state index in [1.807, 2.05) is 0 Å². The van der Waals surface area contributed by atoms with Crippen molar-refractivity contribution in [2.75, 3.05) is 7.05 Å². The molecule has 0 aromatic rings. The van der Waals surface area contributed by atoms with Crippen molar-refractivity contribution in [2.24, 2.45) is 10.9 Å². The topological polar surface area (TPSA) is 88.2 Å². The van der Waals surface area contributed by atoms with Crippen LogP contribution in [0.15, 0.2) is 5.16 Å². The van der Waals surface area contributed by atoms with Crippen LogP contribution in [-0.4, -0.2) is 40.7 Å². The number of nitrogens with zero attached hydrogens (tertiary/aromatic N) is 2. The number of rotatable bonds is 3. The van der Waals surface area contributed by atoms with E-state index in [-0.39, 0.29) is 11.9 Å². The zero-order chi connectivity index (χ0) is 12.9. The minimum absolute atomic E-state index is 0.0860. The van der Waals surface area contributed by atoms with E-state index in [0.29, 0.717) is 6.42 Å². The number of hydrogen-bond acceptors (Lipinski definition) is 4. The average molecular weight is 231 g/mol. The number of oxime groups is 1. The molecule has 0 saturated heterocycles. The molecule has 6 nitrogen and oxygen atoms in total. The first kappa shape index (κ1) is 14.5. The van der Waals surface area contributed by atoms with Crippen LogP contribution in [0, 0.1) is 0 Å². The number of carbonyl (C=O) groups excluding carboxylic acids is 1. The molecule has 0 spiro atoms. The Morgan fingerprint density at radius 2 is 2.06 bits per heavy atom. The third-order valence-electron chi connectivity index (χ3n) is 1.98. The van der Waals surface area contributed by atoms with Crippen LogP contribution in [0.1, 0.15) is 34.1 Å². The molecule has 0 fully saturated rings. The first-order chi connectivity index (χ1) is 7.17. The highest BCUT2D eigenvalue weighted by molar-refractivity contribution is 5.80. The molecule has 0 aliphatic rings. The molecule has 6 heteroatoms. The van der Waals surface area contributed by atoms with Crippen molar-refractivity contribution in [2.45, 2.75) is 45.8 Å². The molecule has 0 aromatic carbocycles. The molecule has 16 heavy (non-hydrogen) atoms. The lowest BCUT2D eigenvalue weighted by atomic mass is 10.2. The van der Waals surface area contributed by atoms with Gasteiger partial charge in [-0.3, -0.25) is 0 Å². The Hall–Kier alpha value is -1.46. The molecule has 0 aliphatic heterocycles. The lowest BCUT2D eigenvalue weighted by molar-refractivity contribution is 0.0240. The van der Waals surface area contributed by atoms with Crippen LogP contribution >= 0.6 is 0 Å². The summed E-state index contributed by atoms with van der Waals surface area (Å²) in [6.07, 6.45) is -0.127. The summed E-state index contributed by atoms with van der Waals surface area (Å²) in [6.45, 7) is 7.19. The fraction of sp³-hybridized carbons (Fsp3) is 0.800. The van der Waals surface area contributed by atoms with E-state index in [0.717, 1.165) is 0 Å². The van der Waals surface area contributed by atoms with E-state index >= 15 is 0 Å². The highest BCUT2D eigenvalue weighted by atomic mass is 16.6. The molecule has 94 valence electrons.